The third-order valence-corrected chi connectivity index (χ3v) is 1.96. The molecule has 0 bridgehead atoms. The fourth-order valence-corrected chi connectivity index (χ4v) is 1.10. The number of hydrogen-bond acceptors (Lipinski definition) is 4. The van der Waals surface area contributed by atoms with Crippen LogP contribution in [0.25, 0.3) is 0 Å². The molecule has 18 heavy (non-hydrogen) atoms. The van der Waals surface area contributed by atoms with E-state index in [-0.39, 0.29) is 17.9 Å². The summed E-state index contributed by atoms with van der Waals surface area (Å²) in [5.74, 6) is -0.759. The summed E-state index contributed by atoms with van der Waals surface area (Å²) in [5.41, 5.74) is 0.596. The van der Waals surface area contributed by atoms with Gasteiger partial charge in [0, 0.05) is 5.57 Å². The van der Waals surface area contributed by atoms with Crippen molar-refractivity contribution < 1.29 is 19.1 Å². The summed E-state index contributed by atoms with van der Waals surface area (Å²) in [6.07, 6.45) is 1.48. The maximum absolute atomic E-state index is 11.5. The summed E-state index contributed by atoms with van der Waals surface area (Å²) in [6, 6.07) is 6.19. The average Bonchev–Trinajstić information content (AvgIpc) is 2.36. The van der Waals surface area contributed by atoms with Crippen molar-refractivity contribution in [3.8, 4) is 5.75 Å². The Morgan fingerprint density at radius 2 is 2.11 bits per heavy atom. The molecule has 94 valence electrons. The molecule has 0 unspecified atom stereocenters. The second kappa shape index (κ2) is 6.39. The molecule has 0 aliphatic rings. The Kier molecular flexibility index (Phi) is 4.87. The van der Waals surface area contributed by atoms with Gasteiger partial charge in [0.2, 0.25) is 0 Å². The largest absolute Gasteiger partial charge is 0.458 e. The number of esters is 2. The number of hydrogen-bond donors (Lipinski definition) is 0. The summed E-state index contributed by atoms with van der Waals surface area (Å²) in [5, 5.41) is 0. The number of carbonyl (C=O) groups is 2. The Balaban J connectivity index is 2.79. The summed E-state index contributed by atoms with van der Waals surface area (Å²) in [6.45, 7) is 8.60. The zero-order chi connectivity index (χ0) is 13.5. The van der Waals surface area contributed by atoms with E-state index >= 15 is 0 Å². The molecule has 4 heteroatoms. The molecule has 1 rings (SSSR count). The first-order chi connectivity index (χ1) is 8.54. The van der Waals surface area contributed by atoms with Gasteiger partial charge in [-0.05, 0) is 25.1 Å². The molecule has 0 aromatic heterocycles. The first-order valence-electron chi connectivity index (χ1n) is 5.30. The molecule has 0 fully saturated rings. The Morgan fingerprint density at radius 3 is 2.72 bits per heavy atom. The van der Waals surface area contributed by atoms with Crippen LogP contribution in [0.4, 0.5) is 0 Å². The lowest BCUT2D eigenvalue weighted by Gasteiger charge is -2.06. The molecule has 0 aliphatic carbocycles. The average molecular weight is 246 g/mol. The van der Waals surface area contributed by atoms with Gasteiger partial charge in [0.15, 0.2) is 0 Å². The molecule has 0 aliphatic heterocycles. The first-order valence-corrected chi connectivity index (χ1v) is 5.30. The predicted molar refractivity (Wildman–Crippen MR) is 67.4 cm³/mol. The fraction of sp³-hybridized carbons (Fsp3) is 0.143. The lowest BCUT2D eigenvalue weighted by atomic mass is 10.2. The molecule has 0 amide bonds. The van der Waals surface area contributed by atoms with E-state index in [1.807, 2.05) is 0 Å². The normalized spacial score (nSPS) is 9.39. The first kappa shape index (κ1) is 13.7. The van der Waals surface area contributed by atoms with Gasteiger partial charge in [-0.25, -0.2) is 9.59 Å². The van der Waals surface area contributed by atoms with Crippen molar-refractivity contribution in [1.82, 2.24) is 0 Å². The van der Waals surface area contributed by atoms with Gasteiger partial charge < -0.3 is 9.47 Å². The molecule has 4 nitrogen and oxygen atoms in total. The highest BCUT2D eigenvalue weighted by molar-refractivity contribution is 5.91. The molecule has 0 atom stereocenters. The number of ether oxygens (including phenoxy) is 2. The number of benzene rings is 1. The van der Waals surface area contributed by atoms with Gasteiger partial charge in [0.05, 0.1) is 5.56 Å². The Morgan fingerprint density at radius 1 is 1.39 bits per heavy atom. The zero-order valence-electron chi connectivity index (χ0n) is 10.1. The van der Waals surface area contributed by atoms with E-state index in [9.17, 15) is 9.59 Å². The van der Waals surface area contributed by atoms with E-state index in [1.54, 1.807) is 25.1 Å². The van der Waals surface area contributed by atoms with Crippen LogP contribution in [0.15, 0.2) is 49.1 Å². The van der Waals surface area contributed by atoms with Crippen LogP contribution in [-0.4, -0.2) is 18.5 Å². The summed E-state index contributed by atoms with van der Waals surface area (Å²) in [4.78, 5) is 22.9. The van der Waals surface area contributed by atoms with E-state index in [2.05, 4.69) is 13.2 Å². The van der Waals surface area contributed by atoms with Crippen molar-refractivity contribution in [3.05, 3.63) is 54.6 Å². The second-order valence-corrected chi connectivity index (χ2v) is 3.58. The number of rotatable bonds is 5. The van der Waals surface area contributed by atoms with Crippen LogP contribution in [0.5, 0.6) is 5.75 Å². The van der Waals surface area contributed by atoms with Crippen molar-refractivity contribution in [2.45, 2.75) is 6.92 Å². The van der Waals surface area contributed by atoms with Gasteiger partial charge in [-0.3, -0.25) is 0 Å². The van der Waals surface area contributed by atoms with Crippen molar-refractivity contribution in [2.75, 3.05) is 6.61 Å². The molecule has 0 radical (unpaired) electrons. The lowest BCUT2D eigenvalue weighted by Crippen LogP contribution is -2.09. The summed E-state index contributed by atoms with van der Waals surface area (Å²) >= 11 is 0. The number of carbonyl (C=O) groups excluding carboxylic acids is 2. The van der Waals surface area contributed by atoms with Crippen molar-refractivity contribution in [2.24, 2.45) is 0 Å². The Labute approximate surface area is 106 Å². The zero-order valence-corrected chi connectivity index (χ0v) is 10.1. The van der Waals surface area contributed by atoms with Gasteiger partial charge in [0.25, 0.3) is 0 Å². The molecule has 0 heterocycles. The molecule has 0 saturated heterocycles. The molecule has 0 saturated carbocycles. The van der Waals surface area contributed by atoms with Gasteiger partial charge in [-0.1, -0.05) is 25.3 Å². The summed E-state index contributed by atoms with van der Waals surface area (Å²) in [7, 11) is 0. The van der Waals surface area contributed by atoms with Crippen LogP contribution in [0.3, 0.4) is 0 Å². The van der Waals surface area contributed by atoms with Crippen LogP contribution < -0.4 is 4.74 Å². The van der Waals surface area contributed by atoms with Crippen molar-refractivity contribution >= 4 is 11.9 Å². The second-order valence-electron chi connectivity index (χ2n) is 3.58. The van der Waals surface area contributed by atoms with Crippen LogP contribution in [0, 0.1) is 0 Å². The third kappa shape index (κ3) is 3.90. The smallest absolute Gasteiger partial charge is 0.338 e. The van der Waals surface area contributed by atoms with Crippen LogP contribution in [-0.2, 0) is 9.53 Å². The quantitative estimate of drug-likeness (QED) is 0.346. The highest BCUT2D eigenvalue weighted by Gasteiger charge is 2.10. The highest BCUT2D eigenvalue weighted by Crippen LogP contribution is 2.15. The fourth-order valence-electron chi connectivity index (χ4n) is 1.10. The third-order valence-electron chi connectivity index (χ3n) is 1.96. The summed E-state index contributed by atoms with van der Waals surface area (Å²) < 4.78 is 9.87. The topological polar surface area (TPSA) is 52.6 Å². The molecule has 1 aromatic rings. The maximum Gasteiger partial charge on any atom is 0.338 e. The van der Waals surface area contributed by atoms with Crippen LogP contribution >= 0.6 is 0 Å². The van der Waals surface area contributed by atoms with E-state index in [4.69, 9.17) is 9.47 Å². The Hall–Kier alpha value is -2.36. The lowest BCUT2D eigenvalue weighted by molar-refractivity contribution is -0.130. The monoisotopic (exact) mass is 246 g/mol. The van der Waals surface area contributed by atoms with E-state index in [1.165, 1.54) is 12.1 Å². The van der Waals surface area contributed by atoms with Crippen molar-refractivity contribution in [3.63, 3.8) is 0 Å². The van der Waals surface area contributed by atoms with E-state index in [0.717, 1.165) is 0 Å². The highest BCUT2D eigenvalue weighted by atomic mass is 16.5. The van der Waals surface area contributed by atoms with E-state index in [0.29, 0.717) is 5.56 Å². The van der Waals surface area contributed by atoms with Crippen LogP contribution in [0.1, 0.15) is 17.3 Å². The van der Waals surface area contributed by atoms with Gasteiger partial charge in [0.1, 0.15) is 12.4 Å². The molecule has 0 spiro atoms. The SMILES string of the molecule is C=CCOC(=O)c1cccc(OC(=O)C(=C)C)c1. The van der Waals surface area contributed by atoms with Crippen LogP contribution in [0.2, 0.25) is 0 Å². The Bertz CT molecular complexity index is 488. The van der Waals surface area contributed by atoms with Gasteiger partial charge in [-0.15, -0.1) is 0 Å². The van der Waals surface area contributed by atoms with Crippen molar-refractivity contribution in [1.29, 1.82) is 0 Å². The minimum absolute atomic E-state index is 0.134. The molecule has 1 aromatic carbocycles. The minimum atomic E-state index is -0.536. The minimum Gasteiger partial charge on any atom is -0.458 e. The van der Waals surface area contributed by atoms with Gasteiger partial charge in [-0.2, -0.15) is 0 Å². The molecular formula is C14H14O4. The maximum atomic E-state index is 11.5. The van der Waals surface area contributed by atoms with Gasteiger partial charge >= 0.3 is 11.9 Å². The standard InChI is InChI=1S/C14H14O4/c1-4-8-17-14(16)11-6-5-7-12(9-11)18-13(15)10(2)3/h4-7,9H,1-2,8H2,3H3. The van der Waals surface area contributed by atoms with E-state index < -0.39 is 11.9 Å². The molecular weight excluding hydrogens is 232 g/mol. The predicted octanol–water partition coefficient (Wildman–Crippen LogP) is 2.51. The molecule has 0 N–H and O–H groups in total.